The van der Waals surface area contributed by atoms with E-state index in [1.54, 1.807) is 0 Å². The molecule has 1 aliphatic rings. The first kappa shape index (κ1) is 5.41. The molecule has 1 aliphatic heterocycles. The largest absolute Gasteiger partial charge is 0.446 e. The van der Waals surface area contributed by atoms with E-state index in [0.29, 0.717) is 0 Å². The Kier molecular flexibility index (Phi) is 1.37. The van der Waals surface area contributed by atoms with Crippen LogP contribution in [0, 0.1) is 0 Å². The van der Waals surface area contributed by atoms with Crippen molar-refractivity contribution in [2.45, 2.75) is 19.4 Å². The van der Waals surface area contributed by atoms with Crippen LogP contribution in [-0.2, 0) is 4.74 Å². The molecule has 1 saturated heterocycles. The molecule has 1 heterocycles. The summed E-state index contributed by atoms with van der Waals surface area (Å²) in [6, 6.07) is 0. The fraction of sp³-hybridized carbons (Fsp3) is 0.800. The lowest BCUT2D eigenvalue weighted by Gasteiger charge is -2.18. The topological polar surface area (TPSA) is 38.3 Å². The van der Waals surface area contributed by atoms with Crippen LogP contribution in [0.4, 0.5) is 4.79 Å². The van der Waals surface area contributed by atoms with E-state index in [2.05, 4.69) is 5.32 Å². The van der Waals surface area contributed by atoms with Crippen LogP contribution in [0.1, 0.15) is 13.3 Å². The summed E-state index contributed by atoms with van der Waals surface area (Å²) in [6.45, 7) is 2.64. The molecule has 0 spiro atoms. The molecule has 1 fully saturated rings. The van der Waals surface area contributed by atoms with Gasteiger partial charge in [-0.2, -0.15) is 0 Å². The summed E-state index contributed by atoms with van der Waals surface area (Å²) in [4.78, 5) is 10.3. The number of ether oxygens (including phenoxy) is 1. The first-order chi connectivity index (χ1) is 3.79. The van der Waals surface area contributed by atoms with Gasteiger partial charge in [0.2, 0.25) is 0 Å². The van der Waals surface area contributed by atoms with Crippen molar-refractivity contribution in [1.29, 1.82) is 0 Å². The summed E-state index contributed by atoms with van der Waals surface area (Å²) < 4.78 is 4.74. The summed E-state index contributed by atoms with van der Waals surface area (Å²) in [6.07, 6.45) is 0.735. The van der Waals surface area contributed by atoms with E-state index in [-0.39, 0.29) is 12.2 Å². The summed E-state index contributed by atoms with van der Waals surface area (Å²) >= 11 is 0. The Morgan fingerprint density at radius 2 is 2.62 bits per heavy atom. The van der Waals surface area contributed by atoms with Crippen LogP contribution in [0.25, 0.3) is 0 Å². The number of hydrogen-bond acceptors (Lipinski definition) is 2. The Hall–Kier alpha value is -0.730. The number of amides is 1. The maximum absolute atomic E-state index is 10.3. The van der Waals surface area contributed by atoms with Crippen LogP contribution < -0.4 is 5.32 Å². The summed E-state index contributed by atoms with van der Waals surface area (Å²) in [5, 5.41) is 2.55. The highest BCUT2D eigenvalue weighted by Gasteiger charge is 2.13. The Bertz CT molecular complexity index is 103. The summed E-state index contributed by atoms with van der Waals surface area (Å²) in [7, 11) is 0. The zero-order chi connectivity index (χ0) is 5.98. The number of nitrogens with one attached hydrogen (secondary N) is 1. The summed E-state index contributed by atoms with van der Waals surface area (Å²) in [5.74, 6) is 0. The van der Waals surface area contributed by atoms with Crippen molar-refractivity contribution in [3.8, 4) is 0 Å². The van der Waals surface area contributed by atoms with Gasteiger partial charge in [-0.3, -0.25) is 0 Å². The minimum absolute atomic E-state index is 0.101. The van der Waals surface area contributed by atoms with Crippen LogP contribution >= 0.6 is 0 Å². The van der Waals surface area contributed by atoms with Crippen LogP contribution in [0.2, 0.25) is 0 Å². The molecule has 3 nitrogen and oxygen atoms in total. The minimum Gasteiger partial charge on any atom is -0.446 e. The first-order valence-corrected chi connectivity index (χ1v) is 2.73. The lowest BCUT2D eigenvalue weighted by atomic mass is 10.3. The molecule has 3 heteroatoms. The van der Waals surface area contributed by atoms with Gasteiger partial charge >= 0.3 is 6.09 Å². The maximum atomic E-state index is 10.3. The molecular weight excluding hydrogens is 106 g/mol. The summed E-state index contributed by atoms with van der Waals surface area (Å²) in [5.41, 5.74) is 0. The predicted octanol–water partition coefficient (Wildman–Crippen LogP) is 0.505. The molecule has 0 radical (unpaired) electrons. The van der Waals surface area contributed by atoms with Gasteiger partial charge in [0.25, 0.3) is 0 Å². The van der Waals surface area contributed by atoms with Gasteiger partial charge in [-0.25, -0.2) is 4.79 Å². The quantitative estimate of drug-likeness (QED) is 0.499. The molecule has 0 aliphatic carbocycles. The van der Waals surface area contributed by atoms with Gasteiger partial charge in [0.15, 0.2) is 0 Å². The molecule has 1 unspecified atom stereocenters. The molecule has 0 aromatic carbocycles. The van der Waals surface area contributed by atoms with Gasteiger partial charge in [-0.1, -0.05) is 0 Å². The first-order valence-electron chi connectivity index (χ1n) is 2.73. The second-order valence-corrected chi connectivity index (χ2v) is 1.93. The molecule has 46 valence electrons. The molecule has 0 saturated carbocycles. The number of carbonyl (C=O) groups excluding carboxylic acids is 1. The maximum Gasteiger partial charge on any atom is 0.407 e. The van der Waals surface area contributed by atoms with Crippen LogP contribution in [0.5, 0.6) is 0 Å². The Balaban J connectivity index is 2.34. The second kappa shape index (κ2) is 2.03. The number of hydrogen-bond donors (Lipinski definition) is 1. The second-order valence-electron chi connectivity index (χ2n) is 1.93. The molecule has 0 aromatic heterocycles. The van der Waals surface area contributed by atoms with Crippen molar-refractivity contribution in [3.63, 3.8) is 0 Å². The van der Waals surface area contributed by atoms with Gasteiger partial charge in [-0.05, 0) is 6.92 Å². The molecule has 0 bridgehead atoms. The normalized spacial score (nSPS) is 28.6. The van der Waals surface area contributed by atoms with Crippen molar-refractivity contribution >= 4 is 6.09 Å². The van der Waals surface area contributed by atoms with Gasteiger partial charge < -0.3 is 10.1 Å². The molecular formula is C5H9NO2. The highest BCUT2D eigenvalue weighted by Crippen LogP contribution is 2.00. The zero-order valence-corrected chi connectivity index (χ0v) is 4.81. The molecule has 1 N–H and O–H groups in total. The predicted molar refractivity (Wildman–Crippen MR) is 28.6 cm³/mol. The molecule has 1 amide bonds. The van der Waals surface area contributed by atoms with Gasteiger partial charge in [0, 0.05) is 13.0 Å². The number of cyclic esters (lactones) is 1. The van der Waals surface area contributed by atoms with Crippen LogP contribution in [-0.4, -0.2) is 18.7 Å². The van der Waals surface area contributed by atoms with E-state index < -0.39 is 0 Å². The fourth-order valence-electron chi connectivity index (χ4n) is 0.661. The van der Waals surface area contributed by atoms with E-state index in [4.69, 9.17) is 4.74 Å². The van der Waals surface area contributed by atoms with Gasteiger partial charge in [0.05, 0.1) is 0 Å². The van der Waals surface area contributed by atoms with E-state index in [1.807, 2.05) is 6.92 Å². The molecule has 1 rings (SSSR count). The lowest BCUT2D eigenvalue weighted by molar-refractivity contribution is 0.0840. The zero-order valence-electron chi connectivity index (χ0n) is 4.81. The highest BCUT2D eigenvalue weighted by molar-refractivity contribution is 5.67. The number of alkyl carbamates (subject to hydrolysis) is 1. The Labute approximate surface area is 48.0 Å². The van der Waals surface area contributed by atoms with Crippen molar-refractivity contribution in [1.82, 2.24) is 5.32 Å². The van der Waals surface area contributed by atoms with Gasteiger partial charge in [-0.15, -0.1) is 0 Å². The van der Waals surface area contributed by atoms with Crippen LogP contribution in [0.15, 0.2) is 0 Å². The third kappa shape index (κ3) is 1.12. The minimum atomic E-state index is -0.288. The van der Waals surface area contributed by atoms with E-state index in [9.17, 15) is 4.79 Å². The third-order valence-corrected chi connectivity index (χ3v) is 1.13. The molecule has 0 aromatic rings. The SMILES string of the molecule is CC1CCNC(=O)O1. The smallest absolute Gasteiger partial charge is 0.407 e. The van der Waals surface area contributed by atoms with Crippen molar-refractivity contribution in [2.24, 2.45) is 0 Å². The van der Waals surface area contributed by atoms with Crippen molar-refractivity contribution in [2.75, 3.05) is 6.54 Å². The molecule has 1 atom stereocenters. The lowest BCUT2D eigenvalue weighted by Crippen LogP contribution is -2.36. The van der Waals surface area contributed by atoms with E-state index in [1.165, 1.54) is 0 Å². The van der Waals surface area contributed by atoms with Gasteiger partial charge in [0.1, 0.15) is 6.10 Å². The van der Waals surface area contributed by atoms with Crippen molar-refractivity contribution in [3.05, 3.63) is 0 Å². The Morgan fingerprint density at radius 1 is 1.88 bits per heavy atom. The van der Waals surface area contributed by atoms with E-state index >= 15 is 0 Å². The highest BCUT2D eigenvalue weighted by atomic mass is 16.6. The average Bonchev–Trinajstić information content (AvgIpc) is 1.64. The monoisotopic (exact) mass is 115 g/mol. The third-order valence-electron chi connectivity index (χ3n) is 1.13. The standard InChI is InChI=1S/C5H9NO2/c1-4-2-3-6-5(7)8-4/h4H,2-3H2,1H3,(H,6,7). The number of rotatable bonds is 0. The van der Waals surface area contributed by atoms with Crippen LogP contribution in [0.3, 0.4) is 0 Å². The average molecular weight is 115 g/mol. The van der Waals surface area contributed by atoms with Crippen molar-refractivity contribution < 1.29 is 9.53 Å². The Morgan fingerprint density at radius 3 is 3.00 bits per heavy atom. The van der Waals surface area contributed by atoms with E-state index in [0.717, 1.165) is 13.0 Å². The fourth-order valence-corrected chi connectivity index (χ4v) is 0.661. The molecule has 8 heavy (non-hydrogen) atoms. The number of carbonyl (C=O) groups is 1.